The fourth-order valence-electron chi connectivity index (χ4n) is 3.74. The highest BCUT2D eigenvalue weighted by atomic mass is 35.5. The summed E-state index contributed by atoms with van der Waals surface area (Å²) in [5.41, 5.74) is 3.15. The molecule has 0 bridgehead atoms. The van der Waals surface area contributed by atoms with Crippen LogP contribution in [0.1, 0.15) is 26.3 Å². The number of benzene rings is 3. The first-order chi connectivity index (χ1) is 15.4. The summed E-state index contributed by atoms with van der Waals surface area (Å²) in [6.45, 7) is 3.96. The highest BCUT2D eigenvalue weighted by Crippen LogP contribution is 2.31. The molecule has 0 aliphatic carbocycles. The number of carbonyl (C=O) groups excluding carboxylic acids is 2. The van der Waals surface area contributed by atoms with Gasteiger partial charge in [-0.3, -0.25) is 9.59 Å². The second-order valence-electron chi connectivity index (χ2n) is 7.74. The van der Waals surface area contributed by atoms with Crippen LogP contribution in [0.15, 0.2) is 66.7 Å². The van der Waals surface area contributed by atoms with Crippen molar-refractivity contribution in [3.63, 3.8) is 0 Å². The monoisotopic (exact) mass is 451 g/mol. The lowest BCUT2D eigenvalue weighted by Gasteiger charge is -2.37. The first-order valence-corrected chi connectivity index (χ1v) is 10.8. The minimum atomic E-state index is -0.515. The smallest absolute Gasteiger partial charge is 0.256 e. The van der Waals surface area contributed by atoms with E-state index in [0.29, 0.717) is 42.5 Å². The van der Waals surface area contributed by atoms with Gasteiger partial charge in [0, 0.05) is 36.8 Å². The van der Waals surface area contributed by atoms with Crippen LogP contribution in [0.2, 0.25) is 5.02 Å². The zero-order valence-electron chi connectivity index (χ0n) is 17.6. The third-order valence-corrected chi connectivity index (χ3v) is 5.77. The van der Waals surface area contributed by atoms with Crippen molar-refractivity contribution in [1.29, 1.82) is 0 Å². The average Bonchev–Trinajstić information content (AvgIpc) is 2.80. The molecule has 1 saturated heterocycles. The van der Waals surface area contributed by atoms with Gasteiger partial charge in [0.1, 0.15) is 5.82 Å². The largest absolute Gasteiger partial charge is 0.366 e. The van der Waals surface area contributed by atoms with Crippen molar-refractivity contribution < 1.29 is 14.0 Å². The number of aryl methyl sites for hydroxylation is 1. The van der Waals surface area contributed by atoms with Gasteiger partial charge in [0.15, 0.2) is 0 Å². The summed E-state index contributed by atoms with van der Waals surface area (Å²) in [5, 5.41) is 3.47. The maximum atomic E-state index is 14.0. The predicted octanol–water partition coefficient (Wildman–Crippen LogP) is 5.00. The molecule has 4 rings (SSSR count). The van der Waals surface area contributed by atoms with Crippen molar-refractivity contribution in [3.05, 3.63) is 94.3 Å². The van der Waals surface area contributed by atoms with Crippen molar-refractivity contribution in [2.75, 3.05) is 36.4 Å². The molecule has 1 aliphatic heterocycles. The quantitative estimate of drug-likeness (QED) is 0.607. The Bertz CT molecular complexity index is 1140. The Labute approximate surface area is 191 Å². The molecule has 164 valence electrons. The summed E-state index contributed by atoms with van der Waals surface area (Å²) < 4.78 is 14.0. The number of amides is 2. The Hall–Kier alpha value is -3.38. The van der Waals surface area contributed by atoms with Crippen LogP contribution >= 0.6 is 11.6 Å². The van der Waals surface area contributed by atoms with E-state index in [1.807, 2.05) is 25.1 Å². The first kappa shape index (κ1) is 21.8. The van der Waals surface area contributed by atoms with Gasteiger partial charge >= 0.3 is 0 Å². The second-order valence-corrected chi connectivity index (χ2v) is 8.18. The van der Waals surface area contributed by atoms with E-state index >= 15 is 0 Å². The van der Waals surface area contributed by atoms with Crippen molar-refractivity contribution in [2.24, 2.45) is 0 Å². The molecule has 0 spiro atoms. The highest BCUT2D eigenvalue weighted by molar-refractivity contribution is 6.31. The summed E-state index contributed by atoms with van der Waals surface area (Å²) in [6, 6.07) is 18.7. The molecule has 3 aromatic carbocycles. The molecule has 32 heavy (non-hydrogen) atoms. The standard InChI is InChI=1S/C25H23ClFN3O2/c1-17-6-8-18(9-7-17)24(31)28-22-16-19(26)10-11-23(22)29-12-14-30(15-13-29)25(32)20-4-2-3-5-21(20)27/h2-11,16H,12-15H2,1H3,(H,28,31). The number of rotatable bonds is 4. The van der Waals surface area contributed by atoms with Crippen LogP contribution < -0.4 is 10.2 Å². The van der Waals surface area contributed by atoms with Gasteiger partial charge in [0.05, 0.1) is 16.9 Å². The Morgan fingerprint density at radius 2 is 1.62 bits per heavy atom. The molecule has 0 saturated carbocycles. The van der Waals surface area contributed by atoms with Crippen LogP contribution in [-0.2, 0) is 0 Å². The number of piperazine rings is 1. The van der Waals surface area contributed by atoms with E-state index < -0.39 is 5.82 Å². The second kappa shape index (κ2) is 9.40. The maximum absolute atomic E-state index is 14.0. The summed E-state index contributed by atoms with van der Waals surface area (Å²) in [7, 11) is 0. The van der Waals surface area contributed by atoms with Crippen LogP contribution in [0, 0.1) is 12.7 Å². The molecular weight excluding hydrogens is 429 g/mol. The van der Waals surface area contributed by atoms with E-state index in [0.717, 1.165) is 11.3 Å². The van der Waals surface area contributed by atoms with Crippen LogP contribution in [-0.4, -0.2) is 42.9 Å². The third-order valence-electron chi connectivity index (χ3n) is 5.53. The fraction of sp³-hybridized carbons (Fsp3) is 0.200. The van der Waals surface area contributed by atoms with E-state index in [9.17, 15) is 14.0 Å². The Balaban J connectivity index is 1.48. The van der Waals surface area contributed by atoms with Crippen LogP contribution in [0.4, 0.5) is 15.8 Å². The number of nitrogens with one attached hydrogen (secondary N) is 1. The fourth-order valence-corrected chi connectivity index (χ4v) is 3.91. The number of nitrogens with zero attached hydrogens (tertiary/aromatic N) is 2. The lowest BCUT2D eigenvalue weighted by atomic mass is 10.1. The van der Waals surface area contributed by atoms with E-state index in [1.54, 1.807) is 41.3 Å². The van der Waals surface area contributed by atoms with Crippen LogP contribution in [0.25, 0.3) is 0 Å². The first-order valence-electron chi connectivity index (χ1n) is 10.4. The summed E-state index contributed by atoms with van der Waals surface area (Å²) in [6.07, 6.45) is 0. The van der Waals surface area contributed by atoms with Crippen molar-refractivity contribution >= 4 is 34.8 Å². The topological polar surface area (TPSA) is 52.7 Å². The average molecular weight is 452 g/mol. The van der Waals surface area contributed by atoms with Gasteiger partial charge in [-0.15, -0.1) is 0 Å². The van der Waals surface area contributed by atoms with E-state index in [1.165, 1.54) is 12.1 Å². The van der Waals surface area contributed by atoms with Gasteiger partial charge in [-0.05, 0) is 49.4 Å². The van der Waals surface area contributed by atoms with E-state index in [2.05, 4.69) is 10.2 Å². The van der Waals surface area contributed by atoms with Gasteiger partial charge in [0.2, 0.25) is 0 Å². The number of halogens is 2. The van der Waals surface area contributed by atoms with Gasteiger partial charge in [0.25, 0.3) is 11.8 Å². The summed E-state index contributed by atoms with van der Waals surface area (Å²) in [4.78, 5) is 29.2. The number of anilines is 2. The molecule has 5 nitrogen and oxygen atoms in total. The van der Waals surface area contributed by atoms with Gasteiger partial charge in [-0.25, -0.2) is 4.39 Å². The van der Waals surface area contributed by atoms with Crippen molar-refractivity contribution in [2.45, 2.75) is 6.92 Å². The van der Waals surface area contributed by atoms with Gasteiger partial charge in [-0.1, -0.05) is 41.4 Å². The predicted molar refractivity (Wildman–Crippen MR) is 125 cm³/mol. The molecule has 1 N–H and O–H groups in total. The number of hydrogen-bond donors (Lipinski definition) is 1. The molecule has 0 unspecified atom stereocenters. The summed E-state index contributed by atoms with van der Waals surface area (Å²) in [5.74, 6) is -1.05. The van der Waals surface area contributed by atoms with E-state index in [-0.39, 0.29) is 17.4 Å². The number of carbonyl (C=O) groups is 2. The van der Waals surface area contributed by atoms with Gasteiger partial charge in [-0.2, -0.15) is 0 Å². The van der Waals surface area contributed by atoms with Crippen molar-refractivity contribution in [1.82, 2.24) is 4.90 Å². The minimum Gasteiger partial charge on any atom is -0.366 e. The number of hydrogen-bond acceptors (Lipinski definition) is 3. The molecule has 0 aromatic heterocycles. The zero-order chi connectivity index (χ0) is 22.7. The maximum Gasteiger partial charge on any atom is 0.256 e. The molecule has 7 heteroatoms. The van der Waals surface area contributed by atoms with E-state index in [4.69, 9.17) is 11.6 Å². The normalized spacial score (nSPS) is 13.7. The molecule has 1 aliphatic rings. The molecule has 1 fully saturated rings. The molecular formula is C25H23ClFN3O2. The van der Waals surface area contributed by atoms with Crippen LogP contribution in [0.5, 0.6) is 0 Å². The third kappa shape index (κ3) is 4.75. The summed E-state index contributed by atoms with van der Waals surface area (Å²) >= 11 is 6.20. The van der Waals surface area contributed by atoms with Gasteiger partial charge < -0.3 is 15.1 Å². The highest BCUT2D eigenvalue weighted by Gasteiger charge is 2.25. The molecule has 0 radical (unpaired) electrons. The Kier molecular flexibility index (Phi) is 6.42. The lowest BCUT2D eigenvalue weighted by molar-refractivity contribution is 0.0742. The van der Waals surface area contributed by atoms with Crippen molar-refractivity contribution in [3.8, 4) is 0 Å². The van der Waals surface area contributed by atoms with Crippen LogP contribution in [0.3, 0.4) is 0 Å². The molecule has 2 amide bonds. The molecule has 3 aromatic rings. The SMILES string of the molecule is Cc1ccc(C(=O)Nc2cc(Cl)ccc2N2CCN(C(=O)c3ccccc3F)CC2)cc1. The zero-order valence-corrected chi connectivity index (χ0v) is 18.4. The Morgan fingerprint density at radius 1 is 0.938 bits per heavy atom. The lowest BCUT2D eigenvalue weighted by Crippen LogP contribution is -2.49. The molecule has 0 atom stereocenters. The minimum absolute atomic E-state index is 0.0819. The Morgan fingerprint density at radius 3 is 2.31 bits per heavy atom. The molecule has 1 heterocycles.